The number of ether oxygens (including phenoxy) is 1. The van der Waals surface area contributed by atoms with Crippen LogP contribution in [-0.2, 0) is 0 Å². The molecular formula is C9H14N4O4. The predicted octanol–water partition coefficient (Wildman–Crippen LogP) is 0.578. The van der Waals surface area contributed by atoms with Crippen LogP contribution in [0.25, 0.3) is 0 Å². The highest BCUT2D eigenvalue weighted by Gasteiger charge is 2.18. The topological polar surface area (TPSA) is 110 Å². The van der Waals surface area contributed by atoms with E-state index in [9.17, 15) is 10.1 Å². The number of nitro groups is 1. The molecule has 17 heavy (non-hydrogen) atoms. The minimum atomic E-state index is -0.607. The highest BCUT2D eigenvalue weighted by molar-refractivity contribution is 5.43. The molecule has 1 rings (SSSR count). The van der Waals surface area contributed by atoms with Crippen LogP contribution in [0.5, 0.6) is 5.88 Å². The predicted molar refractivity (Wildman–Crippen MR) is 60.0 cm³/mol. The quantitative estimate of drug-likeness (QED) is 0.408. The Balaban J connectivity index is 2.86. The molecule has 1 aromatic heterocycles. The zero-order valence-electron chi connectivity index (χ0n) is 9.42. The molecule has 1 aromatic rings. The van der Waals surface area contributed by atoms with Gasteiger partial charge < -0.3 is 15.2 Å². The maximum absolute atomic E-state index is 10.7. The van der Waals surface area contributed by atoms with Crippen LogP contribution in [0.4, 0.5) is 11.6 Å². The molecule has 0 radical (unpaired) electrons. The molecule has 0 bridgehead atoms. The van der Waals surface area contributed by atoms with Gasteiger partial charge in [0.05, 0.1) is 11.5 Å². The first kappa shape index (κ1) is 13.1. The molecular weight excluding hydrogens is 228 g/mol. The summed E-state index contributed by atoms with van der Waals surface area (Å²) in [4.78, 5) is 17.8. The van der Waals surface area contributed by atoms with Crippen molar-refractivity contribution < 1.29 is 14.8 Å². The summed E-state index contributed by atoms with van der Waals surface area (Å²) in [6.45, 7) is 2.59. The second kappa shape index (κ2) is 6.59. The first-order valence-electron chi connectivity index (χ1n) is 5.18. The second-order valence-corrected chi connectivity index (χ2v) is 3.10. The van der Waals surface area contributed by atoms with Gasteiger partial charge in [-0.1, -0.05) is 0 Å². The van der Waals surface area contributed by atoms with E-state index in [4.69, 9.17) is 9.84 Å². The van der Waals surface area contributed by atoms with E-state index in [0.717, 1.165) is 6.20 Å². The number of rotatable bonds is 7. The van der Waals surface area contributed by atoms with Gasteiger partial charge in [-0.05, 0) is 6.92 Å². The highest BCUT2D eigenvalue weighted by atomic mass is 16.6. The van der Waals surface area contributed by atoms with Crippen molar-refractivity contribution in [2.75, 3.05) is 25.1 Å². The van der Waals surface area contributed by atoms with Gasteiger partial charge in [0.1, 0.15) is 6.20 Å². The third-order valence-electron chi connectivity index (χ3n) is 1.81. The number of aliphatic hydroxyl groups is 1. The van der Waals surface area contributed by atoms with E-state index in [2.05, 4.69) is 15.3 Å². The van der Waals surface area contributed by atoms with Gasteiger partial charge in [0.25, 0.3) is 5.88 Å². The maximum Gasteiger partial charge on any atom is 0.349 e. The first-order valence-corrected chi connectivity index (χ1v) is 5.18. The highest BCUT2D eigenvalue weighted by Crippen LogP contribution is 2.24. The molecule has 0 saturated carbocycles. The number of aromatic nitrogens is 2. The van der Waals surface area contributed by atoms with E-state index in [1.165, 1.54) is 0 Å². The van der Waals surface area contributed by atoms with E-state index in [1.807, 2.05) is 6.92 Å². The van der Waals surface area contributed by atoms with Crippen LogP contribution < -0.4 is 10.1 Å². The van der Waals surface area contributed by atoms with Gasteiger partial charge in [-0.25, -0.2) is 4.98 Å². The number of nitrogens with zero attached hydrogens (tertiary/aromatic N) is 3. The number of hydrogen-bond donors (Lipinski definition) is 2. The largest absolute Gasteiger partial charge is 0.473 e. The zero-order chi connectivity index (χ0) is 12.7. The molecule has 0 aliphatic rings. The first-order chi connectivity index (χ1) is 8.19. The standard InChI is InChI=1S/C9H14N4O4/c1-2-10-9-11-6-7(13(15)16)8(12-9)17-5-3-4-14/h6,14H,2-5H2,1H3,(H,10,11,12). The SMILES string of the molecule is CCNc1ncc([N+](=O)[O-])c(OCCCO)n1. The van der Waals surface area contributed by atoms with E-state index >= 15 is 0 Å². The van der Waals surface area contributed by atoms with Gasteiger partial charge in [0.15, 0.2) is 0 Å². The van der Waals surface area contributed by atoms with Crippen molar-refractivity contribution >= 4 is 11.6 Å². The lowest BCUT2D eigenvalue weighted by Crippen LogP contribution is -2.08. The lowest BCUT2D eigenvalue weighted by molar-refractivity contribution is -0.386. The van der Waals surface area contributed by atoms with E-state index in [-0.39, 0.29) is 30.7 Å². The van der Waals surface area contributed by atoms with Crippen molar-refractivity contribution in [3.8, 4) is 5.88 Å². The van der Waals surface area contributed by atoms with Gasteiger partial charge in [-0.3, -0.25) is 10.1 Å². The molecule has 0 amide bonds. The van der Waals surface area contributed by atoms with Gasteiger partial charge in [0.2, 0.25) is 5.95 Å². The van der Waals surface area contributed by atoms with Crippen molar-refractivity contribution in [1.82, 2.24) is 9.97 Å². The van der Waals surface area contributed by atoms with Gasteiger partial charge in [-0.2, -0.15) is 4.98 Å². The molecule has 0 unspecified atom stereocenters. The number of anilines is 1. The average molecular weight is 242 g/mol. The second-order valence-electron chi connectivity index (χ2n) is 3.10. The summed E-state index contributed by atoms with van der Waals surface area (Å²) in [7, 11) is 0. The Morgan fingerprint density at radius 3 is 3.00 bits per heavy atom. The van der Waals surface area contributed by atoms with Gasteiger partial charge >= 0.3 is 5.69 Å². The molecule has 1 heterocycles. The molecule has 8 nitrogen and oxygen atoms in total. The van der Waals surface area contributed by atoms with E-state index < -0.39 is 4.92 Å². The minimum Gasteiger partial charge on any atom is -0.473 e. The molecule has 0 spiro atoms. The van der Waals surface area contributed by atoms with E-state index in [0.29, 0.717) is 13.0 Å². The fraction of sp³-hybridized carbons (Fsp3) is 0.556. The van der Waals surface area contributed by atoms with Crippen molar-refractivity contribution in [1.29, 1.82) is 0 Å². The van der Waals surface area contributed by atoms with Crippen molar-refractivity contribution in [2.24, 2.45) is 0 Å². The summed E-state index contributed by atoms with van der Waals surface area (Å²) in [5.41, 5.74) is -0.287. The van der Waals surface area contributed by atoms with Crippen LogP contribution in [0, 0.1) is 10.1 Å². The van der Waals surface area contributed by atoms with Crippen LogP contribution in [0.15, 0.2) is 6.20 Å². The Morgan fingerprint density at radius 2 is 2.41 bits per heavy atom. The summed E-state index contributed by atoms with van der Waals surface area (Å²) < 4.78 is 5.13. The lowest BCUT2D eigenvalue weighted by Gasteiger charge is -2.06. The molecule has 0 aliphatic carbocycles. The zero-order valence-corrected chi connectivity index (χ0v) is 9.42. The van der Waals surface area contributed by atoms with Crippen LogP contribution in [0.1, 0.15) is 13.3 Å². The number of nitrogens with one attached hydrogen (secondary N) is 1. The molecule has 94 valence electrons. The third kappa shape index (κ3) is 3.83. The summed E-state index contributed by atoms with van der Waals surface area (Å²) in [5.74, 6) is 0.187. The minimum absolute atomic E-state index is 0.0427. The Hall–Kier alpha value is -1.96. The Kier molecular flexibility index (Phi) is 5.08. The fourth-order valence-corrected chi connectivity index (χ4v) is 1.07. The maximum atomic E-state index is 10.7. The molecule has 0 aromatic carbocycles. The molecule has 0 fully saturated rings. The Bertz CT molecular complexity index is 385. The van der Waals surface area contributed by atoms with Crippen molar-refractivity contribution in [2.45, 2.75) is 13.3 Å². The normalized spacial score (nSPS) is 10.0. The molecule has 0 aliphatic heterocycles. The molecule has 2 N–H and O–H groups in total. The molecule has 8 heteroatoms. The number of aliphatic hydroxyl groups excluding tert-OH is 1. The van der Waals surface area contributed by atoms with Gasteiger partial charge in [-0.15, -0.1) is 0 Å². The molecule has 0 atom stereocenters. The van der Waals surface area contributed by atoms with Crippen molar-refractivity contribution in [3.05, 3.63) is 16.3 Å². The van der Waals surface area contributed by atoms with Crippen molar-refractivity contribution in [3.63, 3.8) is 0 Å². The monoisotopic (exact) mass is 242 g/mol. The fourth-order valence-electron chi connectivity index (χ4n) is 1.07. The number of hydrogen-bond acceptors (Lipinski definition) is 7. The van der Waals surface area contributed by atoms with Crippen LogP contribution in [0.3, 0.4) is 0 Å². The van der Waals surface area contributed by atoms with Gasteiger partial charge in [0, 0.05) is 19.6 Å². The summed E-state index contributed by atoms with van der Waals surface area (Å²) in [5, 5.41) is 22.1. The molecule has 0 saturated heterocycles. The summed E-state index contributed by atoms with van der Waals surface area (Å²) in [6, 6.07) is 0. The Morgan fingerprint density at radius 1 is 1.65 bits per heavy atom. The van der Waals surface area contributed by atoms with Crippen LogP contribution >= 0.6 is 0 Å². The van der Waals surface area contributed by atoms with Crippen LogP contribution in [-0.4, -0.2) is 39.8 Å². The summed E-state index contributed by atoms with van der Waals surface area (Å²) >= 11 is 0. The van der Waals surface area contributed by atoms with E-state index in [1.54, 1.807) is 0 Å². The smallest absolute Gasteiger partial charge is 0.349 e. The third-order valence-corrected chi connectivity index (χ3v) is 1.81. The summed E-state index contributed by atoms with van der Waals surface area (Å²) in [6.07, 6.45) is 1.48. The van der Waals surface area contributed by atoms with Crippen LogP contribution in [0.2, 0.25) is 0 Å². The lowest BCUT2D eigenvalue weighted by atomic mass is 10.5. The Labute approximate surface area is 97.8 Å². The average Bonchev–Trinajstić information content (AvgIpc) is 2.30.